The van der Waals surface area contributed by atoms with Gasteiger partial charge in [0.25, 0.3) is 5.91 Å². The van der Waals surface area contributed by atoms with Crippen LogP contribution in [0.4, 0.5) is 0 Å². The lowest BCUT2D eigenvalue weighted by atomic mass is 10.2. The number of carbonyl (C=O) groups is 2. The fraction of sp³-hybridized carbons (Fsp3) is 0.167. The molecule has 3 aromatic rings. The maximum absolute atomic E-state index is 12.2. The van der Waals surface area contributed by atoms with Crippen molar-refractivity contribution in [3.63, 3.8) is 0 Å². The number of hydrogen-bond acceptors (Lipinski definition) is 3. The average molecular weight is 322 g/mol. The van der Waals surface area contributed by atoms with Gasteiger partial charge in [-0.2, -0.15) is 0 Å². The number of nitrogens with zero attached hydrogens (tertiary/aromatic N) is 2. The highest BCUT2D eigenvalue weighted by molar-refractivity contribution is 5.94. The van der Waals surface area contributed by atoms with Gasteiger partial charge in [0.2, 0.25) is 5.91 Å². The Morgan fingerprint density at radius 1 is 1.00 bits per heavy atom. The predicted molar refractivity (Wildman–Crippen MR) is 91.6 cm³/mol. The Bertz CT molecular complexity index is 871. The van der Waals surface area contributed by atoms with Gasteiger partial charge in [0.1, 0.15) is 5.65 Å². The van der Waals surface area contributed by atoms with Crippen molar-refractivity contribution in [2.75, 3.05) is 13.1 Å². The summed E-state index contributed by atoms with van der Waals surface area (Å²) in [6.07, 6.45) is 3.65. The molecule has 2 aromatic heterocycles. The number of benzene rings is 1. The van der Waals surface area contributed by atoms with Crippen molar-refractivity contribution < 1.29 is 9.59 Å². The van der Waals surface area contributed by atoms with E-state index in [2.05, 4.69) is 15.6 Å². The first kappa shape index (κ1) is 15.7. The molecule has 0 fully saturated rings. The first-order valence-electron chi connectivity index (χ1n) is 7.70. The molecule has 1 aromatic carbocycles. The third-order valence-electron chi connectivity index (χ3n) is 3.57. The summed E-state index contributed by atoms with van der Waals surface area (Å²) in [6.45, 7) is 2.24. The highest BCUT2D eigenvalue weighted by atomic mass is 16.2. The van der Waals surface area contributed by atoms with Gasteiger partial charge in [-0.05, 0) is 12.1 Å². The van der Waals surface area contributed by atoms with Gasteiger partial charge < -0.3 is 15.0 Å². The van der Waals surface area contributed by atoms with Crippen LogP contribution in [-0.2, 0) is 4.79 Å². The van der Waals surface area contributed by atoms with Crippen LogP contribution in [0, 0.1) is 0 Å². The Morgan fingerprint density at radius 2 is 1.75 bits per heavy atom. The molecule has 0 bridgehead atoms. The van der Waals surface area contributed by atoms with E-state index in [9.17, 15) is 9.59 Å². The molecule has 3 rings (SSSR count). The summed E-state index contributed by atoms with van der Waals surface area (Å²) < 4.78 is 1.84. The van der Waals surface area contributed by atoms with Gasteiger partial charge in [0.05, 0.1) is 11.3 Å². The lowest BCUT2D eigenvalue weighted by Gasteiger charge is -2.06. The van der Waals surface area contributed by atoms with Gasteiger partial charge in [-0.25, -0.2) is 4.98 Å². The van der Waals surface area contributed by atoms with Crippen LogP contribution in [0.3, 0.4) is 0 Å². The Kier molecular flexibility index (Phi) is 4.56. The fourth-order valence-electron chi connectivity index (χ4n) is 2.39. The highest BCUT2D eigenvalue weighted by Gasteiger charge is 2.08. The fourth-order valence-corrected chi connectivity index (χ4v) is 2.39. The highest BCUT2D eigenvalue weighted by Crippen LogP contribution is 2.19. The molecule has 0 saturated heterocycles. The van der Waals surface area contributed by atoms with E-state index >= 15 is 0 Å². The number of rotatable bonds is 5. The van der Waals surface area contributed by atoms with Crippen molar-refractivity contribution in [2.24, 2.45) is 0 Å². The van der Waals surface area contributed by atoms with Crippen LogP contribution in [0.2, 0.25) is 0 Å². The second kappa shape index (κ2) is 6.95. The number of hydrogen-bond donors (Lipinski definition) is 2. The molecule has 6 nitrogen and oxygen atoms in total. The molecule has 0 radical (unpaired) electrons. The molecule has 0 saturated carbocycles. The maximum Gasteiger partial charge on any atom is 0.252 e. The summed E-state index contributed by atoms with van der Waals surface area (Å²) in [5, 5.41) is 5.40. The first-order valence-corrected chi connectivity index (χ1v) is 7.70. The van der Waals surface area contributed by atoms with E-state index < -0.39 is 0 Å². The molecule has 0 aliphatic carbocycles. The molecular weight excluding hydrogens is 304 g/mol. The molecule has 6 heteroatoms. The molecule has 2 heterocycles. The summed E-state index contributed by atoms with van der Waals surface area (Å²) in [5.41, 5.74) is 3.22. The van der Waals surface area contributed by atoms with E-state index in [1.54, 1.807) is 12.3 Å². The Morgan fingerprint density at radius 3 is 2.50 bits per heavy atom. The van der Waals surface area contributed by atoms with Gasteiger partial charge in [0, 0.05) is 38.0 Å². The zero-order valence-corrected chi connectivity index (χ0v) is 13.3. The third-order valence-corrected chi connectivity index (χ3v) is 3.57. The summed E-state index contributed by atoms with van der Waals surface area (Å²) >= 11 is 0. The van der Waals surface area contributed by atoms with Crippen molar-refractivity contribution in [2.45, 2.75) is 6.92 Å². The summed E-state index contributed by atoms with van der Waals surface area (Å²) in [5.74, 6) is -0.297. The molecule has 24 heavy (non-hydrogen) atoms. The summed E-state index contributed by atoms with van der Waals surface area (Å²) in [7, 11) is 0. The third kappa shape index (κ3) is 3.60. The standard InChI is InChI=1S/C18H18N4O2/c1-13(23)19-9-10-20-18(24)15-7-8-17-21-16(12-22(17)11-15)14-5-3-2-4-6-14/h2-8,11-12H,9-10H2,1H3,(H,19,23)(H,20,24). The topological polar surface area (TPSA) is 75.5 Å². The van der Waals surface area contributed by atoms with Gasteiger partial charge in [0.15, 0.2) is 0 Å². The predicted octanol–water partition coefficient (Wildman–Crippen LogP) is 1.87. The number of carbonyl (C=O) groups excluding carboxylic acids is 2. The first-order chi connectivity index (χ1) is 11.6. The number of fused-ring (bicyclic) bond motifs is 1. The second-order valence-electron chi connectivity index (χ2n) is 5.41. The molecule has 2 amide bonds. The van der Waals surface area contributed by atoms with E-state index in [1.165, 1.54) is 6.92 Å². The molecule has 0 aliphatic rings. The van der Waals surface area contributed by atoms with E-state index in [1.807, 2.05) is 47.0 Å². The molecular formula is C18H18N4O2. The lowest BCUT2D eigenvalue weighted by molar-refractivity contribution is -0.118. The molecule has 0 spiro atoms. The van der Waals surface area contributed by atoms with E-state index in [-0.39, 0.29) is 11.8 Å². The number of aromatic nitrogens is 2. The van der Waals surface area contributed by atoms with Crippen molar-refractivity contribution >= 4 is 17.5 Å². The largest absolute Gasteiger partial charge is 0.355 e. The normalized spacial score (nSPS) is 10.5. The lowest BCUT2D eigenvalue weighted by Crippen LogP contribution is -2.33. The van der Waals surface area contributed by atoms with Gasteiger partial charge in [-0.3, -0.25) is 9.59 Å². The summed E-state index contributed by atoms with van der Waals surface area (Å²) in [4.78, 5) is 27.5. The Hall–Kier alpha value is -3.15. The van der Waals surface area contributed by atoms with Crippen LogP contribution in [0.25, 0.3) is 16.9 Å². The van der Waals surface area contributed by atoms with Crippen molar-refractivity contribution in [1.29, 1.82) is 0 Å². The Labute approximate surface area is 139 Å². The van der Waals surface area contributed by atoms with Gasteiger partial charge >= 0.3 is 0 Å². The molecule has 0 atom stereocenters. The minimum atomic E-state index is -0.183. The van der Waals surface area contributed by atoms with Crippen LogP contribution in [0.1, 0.15) is 17.3 Å². The minimum Gasteiger partial charge on any atom is -0.355 e. The smallest absolute Gasteiger partial charge is 0.252 e. The average Bonchev–Trinajstić information content (AvgIpc) is 3.02. The van der Waals surface area contributed by atoms with E-state index in [0.29, 0.717) is 18.7 Å². The zero-order chi connectivity index (χ0) is 16.9. The van der Waals surface area contributed by atoms with Gasteiger partial charge in [-0.15, -0.1) is 0 Å². The van der Waals surface area contributed by atoms with Crippen LogP contribution in [0.5, 0.6) is 0 Å². The van der Waals surface area contributed by atoms with Crippen molar-refractivity contribution in [3.8, 4) is 11.3 Å². The van der Waals surface area contributed by atoms with E-state index in [0.717, 1.165) is 16.9 Å². The van der Waals surface area contributed by atoms with Crippen molar-refractivity contribution in [1.82, 2.24) is 20.0 Å². The maximum atomic E-state index is 12.2. The second-order valence-corrected chi connectivity index (χ2v) is 5.41. The van der Waals surface area contributed by atoms with E-state index in [4.69, 9.17) is 0 Å². The number of pyridine rings is 1. The quantitative estimate of drug-likeness (QED) is 0.704. The zero-order valence-electron chi connectivity index (χ0n) is 13.3. The van der Waals surface area contributed by atoms with Crippen LogP contribution in [-0.4, -0.2) is 34.3 Å². The number of nitrogens with one attached hydrogen (secondary N) is 2. The number of amides is 2. The minimum absolute atomic E-state index is 0.113. The van der Waals surface area contributed by atoms with Crippen LogP contribution in [0.15, 0.2) is 54.9 Å². The molecule has 0 unspecified atom stereocenters. The molecule has 0 aliphatic heterocycles. The molecule has 2 N–H and O–H groups in total. The monoisotopic (exact) mass is 322 g/mol. The summed E-state index contributed by atoms with van der Waals surface area (Å²) in [6, 6.07) is 13.4. The SMILES string of the molecule is CC(=O)NCCNC(=O)c1ccc2nc(-c3ccccc3)cn2c1. The van der Waals surface area contributed by atoms with Crippen LogP contribution >= 0.6 is 0 Å². The number of imidazole rings is 1. The van der Waals surface area contributed by atoms with Gasteiger partial charge in [-0.1, -0.05) is 30.3 Å². The van der Waals surface area contributed by atoms with Crippen molar-refractivity contribution in [3.05, 3.63) is 60.4 Å². The Balaban J connectivity index is 1.74. The molecule has 122 valence electrons. The van der Waals surface area contributed by atoms with Crippen LogP contribution < -0.4 is 10.6 Å².